The van der Waals surface area contributed by atoms with Crippen LogP contribution in [0.15, 0.2) is 47.4 Å². The molecule has 0 bridgehead atoms. The van der Waals surface area contributed by atoms with Crippen LogP contribution in [0.2, 0.25) is 0 Å². The van der Waals surface area contributed by atoms with Gasteiger partial charge >= 0.3 is 0 Å². The first-order valence-corrected chi connectivity index (χ1v) is 12.4. The van der Waals surface area contributed by atoms with Crippen molar-refractivity contribution in [3.05, 3.63) is 48.3 Å². The third-order valence-electron chi connectivity index (χ3n) is 5.77. The van der Waals surface area contributed by atoms with Gasteiger partial charge in [0.2, 0.25) is 21.8 Å². The number of halogens is 1. The van der Waals surface area contributed by atoms with E-state index < -0.39 is 39.6 Å². The minimum absolute atomic E-state index is 0.0119. The molecule has 1 saturated heterocycles. The van der Waals surface area contributed by atoms with Crippen molar-refractivity contribution < 1.29 is 31.9 Å². The summed E-state index contributed by atoms with van der Waals surface area (Å²) in [5.41, 5.74) is 0.504. The highest BCUT2D eigenvalue weighted by atomic mass is 32.2. The van der Waals surface area contributed by atoms with Crippen molar-refractivity contribution in [3.8, 4) is 11.5 Å². The van der Waals surface area contributed by atoms with E-state index in [1.807, 2.05) is 0 Å². The molecule has 2 aromatic carbocycles. The number of amides is 2. The molecule has 2 N–H and O–H groups in total. The number of carbonyl (C=O) groups is 2. The van der Waals surface area contributed by atoms with E-state index >= 15 is 0 Å². The molecular formula is C23H26FN3O6S. The van der Waals surface area contributed by atoms with E-state index in [0.29, 0.717) is 43.2 Å². The van der Waals surface area contributed by atoms with Crippen LogP contribution >= 0.6 is 0 Å². The van der Waals surface area contributed by atoms with Gasteiger partial charge in [0.05, 0.1) is 10.8 Å². The normalized spacial score (nSPS) is 19.2. The molecule has 2 amide bonds. The molecule has 0 aromatic heterocycles. The maximum Gasteiger partial charge on any atom is 0.246 e. The number of benzene rings is 2. The number of carbonyl (C=O) groups excluding carboxylic acids is 2. The Morgan fingerprint density at radius 2 is 1.79 bits per heavy atom. The molecule has 2 atom stereocenters. The molecule has 0 spiro atoms. The lowest BCUT2D eigenvalue weighted by molar-refractivity contribution is -0.129. The topological polar surface area (TPSA) is 114 Å². The second kappa shape index (κ2) is 9.98. The number of hydrogen-bond donors (Lipinski definition) is 2. The lowest BCUT2D eigenvalue weighted by atomic mass is 9.98. The molecule has 2 aliphatic heterocycles. The molecular weight excluding hydrogens is 465 g/mol. The van der Waals surface area contributed by atoms with Crippen LogP contribution in [0.1, 0.15) is 19.8 Å². The van der Waals surface area contributed by atoms with E-state index in [4.69, 9.17) is 9.47 Å². The fourth-order valence-electron chi connectivity index (χ4n) is 3.90. The number of sulfonamides is 1. The van der Waals surface area contributed by atoms with E-state index in [1.165, 1.54) is 16.4 Å². The molecule has 1 fully saturated rings. The summed E-state index contributed by atoms with van der Waals surface area (Å²) in [6, 6.07) is 8.78. The summed E-state index contributed by atoms with van der Waals surface area (Å²) in [5, 5.41) is 5.41. The van der Waals surface area contributed by atoms with Gasteiger partial charge in [0.25, 0.3) is 0 Å². The number of hydrogen-bond acceptors (Lipinski definition) is 6. The van der Waals surface area contributed by atoms with Gasteiger partial charge in [-0.05, 0) is 56.2 Å². The maximum atomic E-state index is 13.2. The van der Waals surface area contributed by atoms with Crippen LogP contribution in [-0.2, 0) is 19.6 Å². The minimum Gasteiger partial charge on any atom is -0.486 e. The molecule has 34 heavy (non-hydrogen) atoms. The molecule has 0 unspecified atom stereocenters. The highest BCUT2D eigenvalue weighted by Crippen LogP contribution is 2.32. The van der Waals surface area contributed by atoms with Crippen molar-refractivity contribution >= 4 is 27.5 Å². The molecule has 182 valence electrons. The van der Waals surface area contributed by atoms with E-state index in [-0.39, 0.29) is 18.0 Å². The first kappa shape index (κ1) is 24.0. The highest BCUT2D eigenvalue weighted by molar-refractivity contribution is 7.89. The second-order valence-corrected chi connectivity index (χ2v) is 10.2. The number of rotatable bonds is 6. The summed E-state index contributed by atoms with van der Waals surface area (Å²) in [6.07, 6.45) is 0.994. The quantitative estimate of drug-likeness (QED) is 0.640. The molecule has 4 rings (SSSR count). The van der Waals surface area contributed by atoms with Crippen LogP contribution in [0.4, 0.5) is 10.1 Å². The Balaban J connectivity index is 1.35. The van der Waals surface area contributed by atoms with Gasteiger partial charge in [-0.2, -0.15) is 4.31 Å². The SMILES string of the molecule is C[C@H](NC(=O)[C@@H]1CCCN(S(=O)(=O)c2ccc(F)cc2)C1)C(=O)Nc1ccc2c(c1)OCCO2. The van der Waals surface area contributed by atoms with E-state index in [0.717, 1.165) is 12.1 Å². The highest BCUT2D eigenvalue weighted by Gasteiger charge is 2.34. The van der Waals surface area contributed by atoms with E-state index in [2.05, 4.69) is 10.6 Å². The van der Waals surface area contributed by atoms with Gasteiger partial charge in [-0.25, -0.2) is 12.8 Å². The Bertz CT molecular complexity index is 1170. The number of ether oxygens (including phenoxy) is 2. The van der Waals surface area contributed by atoms with Gasteiger partial charge in [0.1, 0.15) is 25.1 Å². The third kappa shape index (κ3) is 5.31. The summed E-state index contributed by atoms with van der Waals surface area (Å²) in [4.78, 5) is 25.4. The number of piperidine rings is 1. The standard InChI is InChI=1S/C23H26FN3O6S/c1-15(22(28)26-18-6-9-20-21(13-18)33-12-11-32-20)25-23(29)16-3-2-10-27(14-16)34(30,31)19-7-4-17(24)5-8-19/h4-9,13,15-16H,2-3,10-12,14H2,1H3,(H,25,29)(H,26,28)/t15-,16+/m0/s1. The van der Waals surface area contributed by atoms with Crippen molar-refractivity contribution in [3.63, 3.8) is 0 Å². The largest absolute Gasteiger partial charge is 0.486 e. The zero-order valence-corrected chi connectivity index (χ0v) is 19.4. The first-order valence-electron chi connectivity index (χ1n) is 11.0. The van der Waals surface area contributed by atoms with Crippen LogP contribution in [0.25, 0.3) is 0 Å². The van der Waals surface area contributed by atoms with Crippen LogP contribution in [-0.4, -0.2) is 56.9 Å². The van der Waals surface area contributed by atoms with Gasteiger partial charge in [-0.3, -0.25) is 9.59 Å². The molecule has 11 heteroatoms. The summed E-state index contributed by atoms with van der Waals surface area (Å²) < 4.78 is 51.2. The second-order valence-electron chi connectivity index (χ2n) is 8.23. The van der Waals surface area contributed by atoms with Crippen LogP contribution in [0.5, 0.6) is 11.5 Å². The fraction of sp³-hybridized carbons (Fsp3) is 0.391. The molecule has 0 radical (unpaired) electrons. The zero-order valence-electron chi connectivity index (χ0n) is 18.6. The average molecular weight is 492 g/mol. The number of anilines is 1. The molecule has 2 aliphatic rings. The smallest absolute Gasteiger partial charge is 0.246 e. The summed E-state index contributed by atoms with van der Waals surface area (Å²) in [6.45, 7) is 2.70. The Morgan fingerprint density at radius 3 is 2.53 bits per heavy atom. The van der Waals surface area contributed by atoms with Crippen LogP contribution < -0.4 is 20.1 Å². The van der Waals surface area contributed by atoms with Crippen molar-refractivity contribution in [2.45, 2.75) is 30.7 Å². The molecule has 0 saturated carbocycles. The minimum atomic E-state index is -3.85. The molecule has 2 heterocycles. The number of fused-ring (bicyclic) bond motifs is 1. The van der Waals surface area contributed by atoms with E-state index in [1.54, 1.807) is 25.1 Å². The first-order chi connectivity index (χ1) is 16.2. The lowest BCUT2D eigenvalue weighted by Gasteiger charge is -2.31. The molecule has 0 aliphatic carbocycles. The maximum absolute atomic E-state index is 13.2. The predicted molar refractivity (Wildman–Crippen MR) is 122 cm³/mol. The Morgan fingerprint density at radius 1 is 1.09 bits per heavy atom. The van der Waals surface area contributed by atoms with Gasteiger partial charge in [0.15, 0.2) is 11.5 Å². The zero-order chi connectivity index (χ0) is 24.3. The predicted octanol–water partition coefficient (Wildman–Crippen LogP) is 2.14. The van der Waals surface area contributed by atoms with Crippen LogP contribution in [0.3, 0.4) is 0 Å². The monoisotopic (exact) mass is 491 g/mol. The van der Waals surface area contributed by atoms with Crippen molar-refractivity contribution in [2.75, 3.05) is 31.6 Å². The lowest BCUT2D eigenvalue weighted by Crippen LogP contribution is -2.49. The number of nitrogens with one attached hydrogen (secondary N) is 2. The van der Waals surface area contributed by atoms with Crippen LogP contribution in [0, 0.1) is 11.7 Å². The van der Waals surface area contributed by atoms with Crippen molar-refractivity contribution in [1.82, 2.24) is 9.62 Å². The van der Waals surface area contributed by atoms with Gasteiger partial charge in [0, 0.05) is 24.8 Å². The van der Waals surface area contributed by atoms with Gasteiger partial charge in [-0.15, -0.1) is 0 Å². The fourth-order valence-corrected chi connectivity index (χ4v) is 5.42. The Hall–Kier alpha value is -3.18. The molecule has 9 nitrogen and oxygen atoms in total. The summed E-state index contributed by atoms with van der Waals surface area (Å²) >= 11 is 0. The van der Waals surface area contributed by atoms with E-state index in [9.17, 15) is 22.4 Å². The van der Waals surface area contributed by atoms with Crippen molar-refractivity contribution in [1.29, 1.82) is 0 Å². The Kier molecular flexibility index (Phi) is 7.03. The van der Waals surface area contributed by atoms with Gasteiger partial charge < -0.3 is 20.1 Å². The summed E-state index contributed by atoms with van der Waals surface area (Å²) in [7, 11) is -3.85. The molecule has 2 aromatic rings. The Labute approximate surface area is 197 Å². The average Bonchev–Trinajstić information content (AvgIpc) is 2.84. The summed E-state index contributed by atoms with van der Waals surface area (Å²) in [5.74, 6) is -0.819. The number of nitrogens with zero attached hydrogens (tertiary/aromatic N) is 1. The van der Waals surface area contributed by atoms with Crippen molar-refractivity contribution in [2.24, 2.45) is 5.92 Å². The third-order valence-corrected chi connectivity index (χ3v) is 7.65. The van der Waals surface area contributed by atoms with Gasteiger partial charge in [-0.1, -0.05) is 0 Å².